The third-order valence-corrected chi connectivity index (χ3v) is 2.69. The lowest BCUT2D eigenvalue weighted by atomic mass is 10.3. The minimum absolute atomic E-state index is 0.602. The summed E-state index contributed by atoms with van der Waals surface area (Å²) in [7, 11) is 2.19. The molecule has 2 nitrogen and oxygen atoms in total. The standard InChI is InChI=1S/C10H20N2/c1-5-9-8-12(7-3)10(6-2)11(9)4/h8,10H,5-7H2,1-4H3. The monoisotopic (exact) mass is 168 g/mol. The maximum atomic E-state index is 2.42. The van der Waals surface area contributed by atoms with E-state index in [-0.39, 0.29) is 0 Å². The third kappa shape index (κ3) is 1.43. The molecule has 1 aliphatic rings. The highest BCUT2D eigenvalue weighted by atomic mass is 15.4. The van der Waals surface area contributed by atoms with Gasteiger partial charge in [-0.15, -0.1) is 0 Å². The summed E-state index contributed by atoms with van der Waals surface area (Å²) >= 11 is 0. The summed E-state index contributed by atoms with van der Waals surface area (Å²) < 4.78 is 0. The van der Waals surface area contributed by atoms with E-state index in [0.717, 1.165) is 13.0 Å². The SMILES string of the molecule is CCC1=CN(CC)C(CC)N1C. The van der Waals surface area contributed by atoms with E-state index in [2.05, 4.69) is 43.8 Å². The van der Waals surface area contributed by atoms with Crippen LogP contribution in [0.4, 0.5) is 0 Å². The lowest BCUT2D eigenvalue weighted by molar-refractivity contribution is 0.168. The topological polar surface area (TPSA) is 6.48 Å². The fourth-order valence-electron chi connectivity index (χ4n) is 1.93. The molecule has 1 atom stereocenters. The predicted octanol–water partition coefficient (Wildman–Crippen LogP) is 2.24. The van der Waals surface area contributed by atoms with Crippen LogP contribution in [0.5, 0.6) is 0 Å². The highest BCUT2D eigenvalue weighted by Crippen LogP contribution is 2.24. The largest absolute Gasteiger partial charge is 0.356 e. The maximum Gasteiger partial charge on any atom is 0.100 e. The summed E-state index contributed by atoms with van der Waals surface area (Å²) in [6, 6.07) is 0. The summed E-state index contributed by atoms with van der Waals surface area (Å²) in [5, 5.41) is 0. The van der Waals surface area contributed by atoms with Crippen LogP contribution >= 0.6 is 0 Å². The van der Waals surface area contributed by atoms with E-state index in [1.807, 2.05) is 0 Å². The van der Waals surface area contributed by atoms with Gasteiger partial charge in [0, 0.05) is 25.5 Å². The van der Waals surface area contributed by atoms with Crippen LogP contribution in [0.15, 0.2) is 11.9 Å². The lowest BCUT2D eigenvalue weighted by Gasteiger charge is -2.29. The zero-order chi connectivity index (χ0) is 9.14. The molecule has 0 spiro atoms. The van der Waals surface area contributed by atoms with Crippen molar-refractivity contribution in [3.05, 3.63) is 11.9 Å². The average Bonchev–Trinajstić information content (AvgIpc) is 2.41. The summed E-state index contributed by atoms with van der Waals surface area (Å²) in [5.74, 6) is 0. The first kappa shape index (κ1) is 9.43. The van der Waals surface area contributed by atoms with Gasteiger partial charge in [0.25, 0.3) is 0 Å². The minimum atomic E-state index is 0.602. The Balaban J connectivity index is 2.70. The summed E-state index contributed by atoms with van der Waals surface area (Å²) in [5.41, 5.74) is 1.46. The molecule has 0 fully saturated rings. The van der Waals surface area contributed by atoms with Gasteiger partial charge in [0.05, 0.1) is 0 Å². The fourth-order valence-corrected chi connectivity index (χ4v) is 1.93. The Labute approximate surface area is 75.8 Å². The van der Waals surface area contributed by atoms with Crippen LogP contribution in [0.3, 0.4) is 0 Å². The molecule has 2 heteroatoms. The second-order valence-electron chi connectivity index (χ2n) is 3.30. The van der Waals surface area contributed by atoms with Crippen molar-refractivity contribution in [3.8, 4) is 0 Å². The molecular weight excluding hydrogens is 148 g/mol. The van der Waals surface area contributed by atoms with Gasteiger partial charge in [-0.25, -0.2) is 0 Å². The first-order valence-electron chi connectivity index (χ1n) is 4.93. The Morgan fingerprint density at radius 2 is 2.00 bits per heavy atom. The smallest absolute Gasteiger partial charge is 0.100 e. The Kier molecular flexibility index (Phi) is 3.01. The molecule has 1 unspecified atom stereocenters. The van der Waals surface area contributed by atoms with Gasteiger partial charge in [-0.3, -0.25) is 0 Å². The number of rotatable bonds is 3. The van der Waals surface area contributed by atoms with E-state index in [0.29, 0.717) is 6.17 Å². The van der Waals surface area contributed by atoms with E-state index >= 15 is 0 Å². The fraction of sp³-hybridized carbons (Fsp3) is 0.800. The highest BCUT2D eigenvalue weighted by Gasteiger charge is 2.25. The number of nitrogens with zero attached hydrogens (tertiary/aromatic N) is 2. The summed E-state index contributed by atoms with van der Waals surface area (Å²) in [4.78, 5) is 4.81. The molecule has 0 amide bonds. The van der Waals surface area contributed by atoms with Gasteiger partial charge in [-0.1, -0.05) is 13.8 Å². The number of hydrogen-bond acceptors (Lipinski definition) is 2. The quantitative estimate of drug-likeness (QED) is 0.637. The van der Waals surface area contributed by atoms with Gasteiger partial charge >= 0.3 is 0 Å². The average molecular weight is 168 g/mol. The second kappa shape index (κ2) is 3.83. The summed E-state index contributed by atoms with van der Waals surface area (Å²) in [6.07, 6.45) is 5.24. The Morgan fingerprint density at radius 3 is 2.33 bits per heavy atom. The van der Waals surface area contributed by atoms with Gasteiger partial charge in [0.1, 0.15) is 6.17 Å². The first-order chi connectivity index (χ1) is 5.74. The maximum absolute atomic E-state index is 2.42. The van der Waals surface area contributed by atoms with Crippen molar-refractivity contribution in [2.45, 2.75) is 39.8 Å². The lowest BCUT2D eigenvalue weighted by Crippen LogP contribution is -2.36. The molecule has 0 aromatic heterocycles. The first-order valence-corrected chi connectivity index (χ1v) is 4.93. The van der Waals surface area contributed by atoms with Crippen LogP contribution in [0.2, 0.25) is 0 Å². The summed E-state index contributed by atoms with van der Waals surface area (Å²) in [6.45, 7) is 7.79. The molecule has 0 aromatic rings. The Morgan fingerprint density at radius 1 is 1.33 bits per heavy atom. The van der Waals surface area contributed by atoms with E-state index in [1.54, 1.807) is 0 Å². The van der Waals surface area contributed by atoms with E-state index in [1.165, 1.54) is 12.1 Å². The van der Waals surface area contributed by atoms with Crippen molar-refractivity contribution < 1.29 is 0 Å². The van der Waals surface area contributed by atoms with Crippen molar-refractivity contribution in [1.82, 2.24) is 9.80 Å². The van der Waals surface area contributed by atoms with Crippen LogP contribution in [0.1, 0.15) is 33.6 Å². The van der Waals surface area contributed by atoms with Crippen LogP contribution in [-0.2, 0) is 0 Å². The number of hydrogen-bond donors (Lipinski definition) is 0. The molecular formula is C10H20N2. The minimum Gasteiger partial charge on any atom is -0.356 e. The van der Waals surface area contributed by atoms with Crippen LogP contribution < -0.4 is 0 Å². The molecule has 1 heterocycles. The zero-order valence-electron chi connectivity index (χ0n) is 8.67. The molecule has 0 aliphatic carbocycles. The molecule has 70 valence electrons. The van der Waals surface area contributed by atoms with E-state index in [4.69, 9.17) is 0 Å². The van der Waals surface area contributed by atoms with Crippen LogP contribution in [0, 0.1) is 0 Å². The second-order valence-corrected chi connectivity index (χ2v) is 3.30. The predicted molar refractivity (Wildman–Crippen MR) is 52.6 cm³/mol. The molecule has 0 N–H and O–H groups in total. The molecule has 12 heavy (non-hydrogen) atoms. The van der Waals surface area contributed by atoms with Crippen molar-refractivity contribution >= 4 is 0 Å². The Hall–Kier alpha value is -0.660. The third-order valence-electron chi connectivity index (χ3n) is 2.69. The Bertz CT molecular complexity index is 175. The van der Waals surface area contributed by atoms with Gasteiger partial charge < -0.3 is 9.80 Å². The molecule has 0 saturated carbocycles. The zero-order valence-corrected chi connectivity index (χ0v) is 8.67. The molecule has 0 bridgehead atoms. The molecule has 0 radical (unpaired) electrons. The molecule has 0 saturated heterocycles. The molecule has 0 aromatic carbocycles. The van der Waals surface area contributed by atoms with Crippen LogP contribution in [-0.4, -0.2) is 29.6 Å². The molecule has 1 rings (SSSR count). The van der Waals surface area contributed by atoms with Gasteiger partial charge in [0.15, 0.2) is 0 Å². The number of allylic oxidation sites excluding steroid dienone is 1. The van der Waals surface area contributed by atoms with Crippen molar-refractivity contribution in [3.63, 3.8) is 0 Å². The van der Waals surface area contributed by atoms with Crippen LogP contribution in [0.25, 0.3) is 0 Å². The highest BCUT2D eigenvalue weighted by molar-refractivity contribution is 5.08. The normalized spacial score (nSPS) is 23.3. The van der Waals surface area contributed by atoms with Gasteiger partial charge in [-0.2, -0.15) is 0 Å². The van der Waals surface area contributed by atoms with Crippen molar-refractivity contribution in [2.24, 2.45) is 0 Å². The molecule has 1 aliphatic heterocycles. The van der Waals surface area contributed by atoms with E-state index in [9.17, 15) is 0 Å². The van der Waals surface area contributed by atoms with Crippen molar-refractivity contribution in [1.29, 1.82) is 0 Å². The van der Waals surface area contributed by atoms with Gasteiger partial charge in [0.2, 0.25) is 0 Å². The van der Waals surface area contributed by atoms with E-state index < -0.39 is 0 Å². The van der Waals surface area contributed by atoms with Crippen molar-refractivity contribution in [2.75, 3.05) is 13.6 Å². The van der Waals surface area contributed by atoms with Gasteiger partial charge in [-0.05, 0) is 19.8 Å².